The molecule has 3 nitrogen and oxygen atoms in total. The molecular formula is C18H29NO2. The molecule has 1 aliphatic rings. The summed E-state index contributed by atoms with van der Waals surface area (Å²) in [4.78, 5) is 2.53. The molecule has 0 aliphatic carbocycles. The first kappa shape index (κ1) is 16.3. The van der Waals surface area contributed by atoms with Gasteiger partial charge in [0.15, 0.2) is 0 Å². The minimum atomic E-state index is -0.432. The second-order valence-corrected chi connectivity index (χ2v) is 6.43. The molecule has 3 atom stereocenters. The highest BCUT2D eigenvalue weighted by Gasteiger charge is 2.23. The zero-order chi connectivity index (χ0) is 15.4. The van der Waals surface area contributed by atoms with E-state index >= 15 is 0 Å². The minimum absolute atomic E-state index is 0.432. The minimum Gasteiger partial charge on any atom is -0.494 e. The number of likely N-dealkylation sites (tertiary alicyclic amines) is 1. The standard InChI is InChI=1S/C18H29NO2/c1-5-21-18-7-6-16(15(4)20)11-17(18)12-19-9-8-13(2)10-14(19)3/h6-7,11,13-15,20H,5,8-10,12H2,1-4H3. The third kappa shape index (κ3) is 4.21. The van der Waals surface area contributed by atoms with E-state index in [4.69, 9.17) is 4.74 Å². The van der Waals surface area contributed by atoms with Crippen molar-refractivity contribution < 1.29 is 9.84 Å². The Balaban J connectivity index is 2.18. The lowest BCUT2D eigenvalue weighted by Gasteiger charge is -2.36. The van der Waals surface area contributed by atoms with Gasteiger partial charge < -0.3 is 9.84 Å². The average molecular weight is 291 g/mol. The lowest BCUT2D eigenvalue weighted by molar-refractivity contribution is 0.120. The maximum absolute atomic E-state index is 9.81. The van der Waals surface area contributed by atoms with Gasteiger partial charge >= 0.3 is 0 Å². The maximum Gasteiger partial charge on any atom is 0.123 e. The fraction of sp³-hybridized carbons (Fsp3) is 0.667. The van der Waals surface area contributed by atoms with Gasteiger partial charge in [-0.25, -0.2) is 0 Å². The third-order valence-corrected chi connectivity index (χ3v) is 4.52. The highest BCUT2D eigenvalue weighted by molar-refractivity contribution is 5.38. The van der Waals surface area contributed by atoms with Crippen LogP contribution in [0.2, 0.25) is 0 Å². The van der Waals surface area contributed by atoms with Crippen LogP contribution >= 0.6 is 0 Å². The molecule has 1 N–H and O–H groups in total. The molecule has 1 saturated heterocycles. The SMILES string of the molecule is CCOc1ccc(C(C)O)cc1CN1CCC(C)CC1C. The molecule has 0 aromatic heterocycles. The molecule has 2 rings (SSSR count). The summed E-state index contributed by atoms with van der Waals surface area (Å²) >= 11 is 0. The number of benzene rings is 1. The fourth-order valence-electron chi connectivity index (χ4n) is 3.19. The van der Waals surface area contributed by atoms with Crippen LogP contribution in [0.25, 0.3) is 0 Å². The van der Waals surface area contributed by atoms with Gasteiger partial charge in [0.25, 0.3) is 0 Å². The Kier molecular flexibility index (Phi) is 5.65. The van der Waals surface area contributed by atoms with E-state index in [1.54, 1.807) is 0 Å². The van der Waals surface area contributed by atoms with Crippen LogP contribution in [0, 0.1) is 5.92 Å². The Hall–Kier alpha value is -1.06. The molecule has 1 aromatic rings. The summed E-state index contributed by atoms with van der Waals surface area (Å²) < 4.78 is 5.76. The van der Waals surface area contributed by atoms with Gasteiger partial charge in [-0.05, 0) is 63.8 Å². The topological polar surface area (TPSA) is 32.7 Å². The summed E-state index contributed by atoms with van der Waals surface area (Å²) in [5, 5.41) is 9.81. The number of aliphatic hydroxyl groups is 1. The molecule has 3 unspecified atom stereocenters. The van der Waals surface area contributed by atoms with Gasteiger partial charge in [-0.1, -0.05) is 13.0 Å². The molecule has 3 heteroatoms. The molecule has 1 fully saturated rings. The number of hydrogen-bond donors (Lipinski definition) is 1. The second kappa shape index (κ2) is 7.28. The predicted octanol–water partition coefficient (Wildman–Crippen LogP) is 3.76. The van der Waals surface area contributed by atoms with Crippen LogP contribution in [0.4, 0.5) is 0 Å². The smallest absolute Gasteiger partial charge is 0.123 e. The first-order valence-corrected chi connectivity index (χ1v) is 8.19. The molecule has 0 amide bonds. The Labute approximate surface area is 128 Å². The van der Waals surface area contributed by atoms with Crippen LogP contribution in [-0.4, -0.2) is 29.2 Å². The van der Waals surface area contributed by atoms with E-state index in [0.29, 0.717) is 12.6 Å². The molecule has 1 aliphatic heterocycles. The fourth-order valence-corrected chi connectivity index (χ4v) is 3.19. The van der Waals surface area contributed by atoms with Gasteiger partial charge in [-0.2, -0.15) is 0 Å². The van der Waals surface area contributed by atoms with Gasteiger partial charge in [0.1, 0.15) is 5.75 Å². The molecule has 0 bridgehead atoms. The third-order valence-electron chi connectivity index (χ3n) is 4.52. The summed E-state index contributed by atoms with van der Waals surface area (Å²) in [6, 6.07) is 6.66. The van der Waals surface area contributed by atoms with Crippen LogP contribution in [-0.2, 0) is 6.54 Å². The first-order chi connectivity index (χ1) is 10.0. The number of hydrogen-bond acceptors (Lipinski definition) is 3. The van der Waals surface area contributed by atoms with Crippen molar-refractivity contribution in [1.82, 2.24) is 4.90 Å². The summed E-state index contributed by atoms with van der Waals surface area (Å²) in [5.41, 5.74) is 2.16. The monoisotopic (exact) mass is 291 g/mol. The molecule has 1 heterocycles. The zero-order valence-corrected chi connectivity index (χ0v) is 13.8. The molecular weight excluding hydrogens is 262 g/mol. The van der Waals surface area contributed by atoms with Gasteiger partial charge in [0.2, 0.25) is 0 Å². The number of nitrogens with zero attached hydrogens (tertiary/aromatic N) is 1. The number of rotatable bonds is 5. The Bertz CT molecular complexity index is 459. The van der Waals surface area contributed by atoms with Crippen LogP contribution in [0.3, 0.4) is 0 Å². The maximum atomic E-state index is 9.81. The Morgan fingerprint density at radius 2 is 2.14 bits per heavy atom. The van der Waals surface area contributed by atoms with E-state index in [1.807, 2.05) is 26.0 Å². The van der Waals surface area contributed by atoms with E-state index in [0.717, 1.165) is 30.3 Å². The lowest BCUT2D eigenvalue weighted by atomic mass is 9.93. The summed E-state index contributed by atoms with van der Waals surface area (Å²) in [7, 11) is 0. The van der Waals surface area contributed by atoms with Crippen LogP contribution in [0.5, 0.6) is 5.75 Å². The van der Waals surface area contributed by atoms with Crippen LogP contribution in [0.15, 0.2) is 18.2 Å². The molecule has 0 spiro atoms. The summed E-state index contributed by atoms with van der Waals surface area (Å²) in [6.45, 7) is 11.2. The summed E-state index contributed by atoms with van der Waals surface area (Å²) in [6.07, 6.45) is 2.10. The normalized spacial score (nSPS) is 24.8. The Morgan fingerprint density at radius 1 is 1.38 bits per heavy atom. The highest BCUT2D eigenvalue weighted by atomic mass is 16.5. The van der Waals surface area contributed by atoms with Gasteiger partial charge in [-0.15, -0.1) is 0 Å². The molecule has 118 valence electrons. The van der Waals surface area contributed by atoms with Crippen molar-refractivity contribution in [2.45, 2.75) is 59.2 Å². The van der Waals surface area contributed by atoms with E-state index in [9.17, 15) is 5.11 Å². The van der Waals surface area contributed by atoms with Crippen molar-refractivity contribution in [3.8, 4) is 5.75 Å². The van der Waals surface area contributed by atoms with E-state index < -0.39 is 6.10 Å². The van der Waals surface area contributed by atoms with Crippen molar-refractivity contribution in [2.75, 3.05) is 13.2 Å². The molecule has 0 radical (unpaired) electrons. The molecule has 0 saturated carbocycles. The zero-order valence-electron chi connectivity index (χ0n) is 13.8. The van der Waals surface area contributed by atoms with Crippen molar-refractivity contribution >= 4 is 0 Å². The first-order valence-electron chi connectivity index (χ1n) is 8.19. The van der Waals surface area contributed by atoms with Crippen molar-refractivity contribution in [2.24, 2.45) is 5.92 Å². The van der Waals surface area contributed by atoms with Crippen LogP contribution in [0.1, 0.15) is 57.8 Å². The molecule has 21 heavy (non-hydrogen) atoms. The van der Waals surface area contributed by atoms with E-state index in [-0.39, 0.29) is 0 Å². The van der Waals surface area contributed by atoms with E-state index in [2.05, 4.69) is 24.8 Å². The second-order valence-electron chi connectivity index (χ2n) is 6.43. The summed E-state index contributed by atoms with van der Waals surface area (Å²) in [5.74, 6) is 1.78. The van der Waals surface area contributed by atoms with Gasteiger partial charge in [0, 0.05) is 18.2 Å². The van der Waals surface area contributed by atoms with Crippen LogP contribution < -0.4 is 4.74 Å². The van der Waals surface area contributed by atoms with Gasteiger partial charge in [0.05, 0.1) is 12.7 Å². The number of ether oxygens (including phenoxy) is 1. The largest absolute Gasteiger partial charge is 0.494 e. The predicted molar refractivity (Wildman–Crippen MR) is 86.5 cm³/mol. The van der Waals surface area contributed by atoms with E-state index in [1.165, 1.54) is 18.4 Å². The van der Waals surface area contributed by atoms with Gasteiger partial charge in [-0.3, -0.25) is 4.90 Å². The molecule has 1 aromatic carbocycles. The van der Waals surface area contributed by atoms with Crippen molar-refractivity contribution in [3.63, 3.8) is 0 Å². The van der Waals surface area contributed by atoms with Crippen molar-refractivity contribution in [1.29, 1.82) is 0 Å². The Morgan fingerprint density at radius 3 is 2.76 bits per heavy atom. The number of aliphatic hydroxyl groups excluding tert-OH is 1. The average Bonchev–Trinajstić information content (AvgIpc) is 2.43. The lowest BCUT2D eigenvalue weighted by Crippen LogP contribution is -2.39. The quantitative estimate of drug-likeness (QED) is 0.896. The van der Waals surface area contributed by atoms with Crippen molar-refractivity contribution in [3.05, 3.63) is 29.3 Å². The highest BCUT2D eigenvalue weighted by Crippen LogP contribution is 2.29. The number of piperidine rings is 1.